The molecule has 3 aromatic rings. The lowest BCUT2D eigenvalue weighted by molar-refractivity contribution is -0.122. The molecule has 0 heterocycles. The van der Waals surface area contributed by atoms with E-state index in [-0.39, 0.29) is 17.2 Å². The first-order valence-corrected chi connectivity index (χ1v) is 11.3. The van der Waals surface area contributed by atoms with Gasteiger partial charge >= 0.3 is 0 Å². The van der Waals surface area contributed by atoms with Crippen molar-refractivity contribution < 1.29 is 4.79 Å². The van der Waals surface area contributed by atoms with E-state index in [0.717, 1.165) is 30.5 Å². The molecule has 2 fully saturated rings. The van der Waals surface area contributed by atoms with Crippen LogP contribution < -0.4 is 5.43 Å². The minimum atomic E-state index is -0.262. The van der Waals surface area contributed by atoms with Gasteiger partial charge in [-0.05, 0) is 36.0 Å². The molecular formula is C28H28N2O. The normalized spacial score (nSPS) is 20.4. The van der Waals surface area contributed by atoms with E-state index in [1.807, 2.05) is 30.3 Å². The molecule has 2 saturated carbocycles. The molecule has 1 N–H and O–H groups in total. The van der Waals surface area contributed by atoms with Gasteiger partial charge in [0.1, 0.15) is 0 Å². The molecule has 0 aromatic heterocycles. The molecule has 1 amide bonds. The van der Waals surface area contributed by atoms with Gasteiger partial charge in [0.15, 0.2) is 0 Å². The summed E-state index contributed by atoms with van der Waals surface area (Å²) in [6.45, 7) is 0. The van der Waals surface area contributed by atoms with Gasteiger partial charge in [0.05, 0.1) is 11.6 Å². The summed E-state index contributed by atoms with van der Waals surface area (Å²) in [5.74, 6) is 0.329. The molecule has 2 aliphatic rings. The van der Waals surface area contributed by atoms with Crippen molar-refractivity contribution in [3.8, 4) is 0 Å². The molecule has 3 aromatic carbocycles. The number of hydrazone groups is 1. The van der Waals surface area contributed by atoms with Gasteiger partial charge in [0.2, 0.25) is 5.91 Å². The summed E-state index contributed by atoms with van der Waals surface area (Å²) >= 11 is 0. The second-order valence-corrected chi connectivity index (χ2v) is 8.78. The number of benzene rings is 3. The van der Waals surface area contributed by atoms with E-state index in [0.29, 0.717) is 5.92 Å². The Labute approximate surface area is 184 Å². The van der Waals surface area contributed by atoms with E-state index in [9.17, 15) is 4.79 Å². The topological polar surface area (TPSA) is 41.5 Å². The maximum absolute atomic E-state index is 13.3. The Morgan fingerprint density at radius 3 is 1.84 bits per heavy atom. The van der Waals surface area contributed by atoms with Gasteiger partial charge in [0.25, 0.3) is 0 Å². The largest absolute Gasteiger partial charge is 0.273 e. The van der Waals surface area contributed by atoms with Crippen molar-refractivity contribution in [3.05, 3.63) is 108 Å². The highest BCUT2D eigenvalue weighted by Gasteiger charge is 2.60. The van der Waals surface area contributed by atoms with Crippen LogP contribution >= 0.6 is 0 Å². The quantitative estimate of drug-likeness (QED) is 0.412. The van der Waals surface area contributed by atoms with Crippen molar-refractivity contribution in [1.82, 2.24) is 5.43 Å². The second kappa shape index (κ2) is 8.50. The first-order valence-electron chi connectivity index (χ1n) is 11.3. The number of rotatable bonds is 6. The second-order valence-electron chi connectivity index (χ2n) is 8.78. The molecule has 5 rings (SSSR count). The Hall–Kier alpha value is -3.20. The zero-order valence-corrected chi connectivity index (χ0v) is 17.7. The molecule has 1 atom stereocenters. The number of nitrogens with one attached hydrogen (secondary N) is 1. The van der Waals surface area contributed by atoms with Gasteiger partial charge in [0, 0.05) is 11.3 Å². The summed E-state index contributed by atoms with van der Waals surface area (Å²) in [4.78, 5) is 13.3. The van der Waals surface area contributed by atoms with Gasteiger partial charge in [-0.3, -0.25) is 4.79 Å². The smallest absolute Gasteiger partial charge is 0.244 e. The predicted molar refractivity (Wildman–Crippen MR) is 125 cm³/mol. The fourth-order valence-electron chi connectivity index (χ4n) is 5.25. The first kappa shape index (κ1) is 19.7. The van der Waals surface area contributed by atoms with Crippen LogP contribution in [-0.4, -0.2) is 11.6 Å². The first-order chi connectivity index (χ1) is 15.3. The lowest BCUT2D eigenvalue weighted by Gasteiger charge is -2.19. The lowest BCUT2D eigenvalue weighted by atomic mass is 9.85. The van der Waals surface area contributed by atoms with Crippen LogP contribution in [0, 0.1) is 11.8 Å². The molecule has 156 valence electrons. The molecular weight excluding hydrogens is 380 g/mol. The van der Waals surface area contributed by atoms with Crippen LogP contribution in [0.25, 0.3) is 0 Å². The van der Waals surface area contributed by atoms with Crippen LogP contribution in [0.3, 0.4) is 0 Å². The number of nitrogens with zero attached hydrogens (tertiary/aromatic N) is 1. The summed E-state index contributed by atoms with van der Waals surface area (Å²) in [6, 6.07) is 31.1. The maximum Gasteiger partial charge on any atom is 0.244 e. The van der Waals surface area contributed by atoms with Crippen molar-refractivity contribution in [2.24, 2.45) is 16.9 Å². The molecule has 0 unspecified atom stereocenters. The Balaban J connectivity index is 1.42. The summed E-state index contributed by atoms with van der Waals surface area (Å²) in [5.41, 5.74) is 7.24. The highest BCUT2D eigenvalue weighted by atomic mass is 16.2. The maximum atomic E-state index is 13.3. The summed E-state index contributed by atoms with van der Waals surface area (Å²) in [6.07, 6.45) is 5.57. The predicted octanol–water partition coefficient (Wildman–Crippen LogP) is 5.70. The monoisotopic (exact) mass is 408 g/mol. The van der Waals surface area contributed by atoms with Gasteiger partial charge < -0.3 is 0 Å². The summed E-state index contributed by atoms with van der Waals surface area (Å²) < 4.78 is 0. The van der Waals surface area contributed by atoms with Crippen molar-refractivity contribution >= 4 is 11.6 Å². The third kappa shape index (κ3) is 3.81. The molecule has 0 aliphatic heterocycles. The minimum Gasteiger partial charge on any atom is -0.273 e. The number of amides is 1. The van der Waals surface area contributed by atoms with Crippen LogP contribution in [0.4, 0.5) is 0 Å². The average molecular weight is 409 g/mol. The minimum absolute atomic E-state index is 0.0131. The Kier molecular flexibility index (Phi) is 5.42. The molecule has 3 heteroatoms. The van der Waals surface area contributed by atoms with Crippen LogP contribution in [0.2, 0.25) is 0 Å². The van der Waals surface area contributed by atoms with E-state index in [4.69, 9.17) is 5.10 Å². The van der Waals surface area contributed by atoms with Gasteiger partial charge in [-0.1, -0.05) is 104 Å². The van der Waals surface area contributed by atoms with Crippen LogP contribution in [-0.2, 0) is 10.2 Å². The number of hydrogen-bond donors (Lipinski definition) is 1. The van der Waals surface area contributed by atoms with Crippen molar-refractivity contribution in [3.63, 3.8) is 0 Å². The fraction of sp³-hybridized carbons (Fsp3) is 0.286. The van der Waals surface area contributed by atoms with Crippen LogP contribution in [0.1, 0.15) is 48.8 Å². The molecule has 2 aliphatic carbocycles. The molecule has 3 nitrogen and oxygen atoms in total. The highest BCUT2D eigenvalue weighted by Crippen LogP contribution is 2.58. The third-order valence-corrected chi connectivity index (χ3v) is 6.95. The van der Waals surface area contributed by atoms with E-state index in [1.165, 1.54) is 24.0 Å². The standard InChI is InChI=1S/C28H28N2O/c31-27(30-29-26(22-14-10-11-15-22)21-12-4-1-5-13-21)25-20-28(25,23-16-6-2-7-17-23)24-18-8-3-9-19-24/h1-9,12-13,16-19,22,25H,10-11,14-15,20H2,(H,30,31)/b29-26-/t25-/m0/s1. The van der Waals surface area contributed by atoms with Crippen molar-refractivity contribution in [2.45, 2.75) is 37.5 Å². The van der Waals surface area contributed by atoms with E-state index < -0.39 is 0 Å². The van der Waals surface area contributed by atoms with Gasteiger partial charge in [-0.15, -0.1) is 0 Å². The van der Waals surface area contributed by atoms with Gasteiger partial charge in [-0.2, -0.15) is 5.10 Å². The van der Waals surface area contributed by atoms with Crippen LogP contribution in [0.15, 0.2) is 96.1 Å². The van der Waals surface area contributed by atoms with E-state index in [2.05, 4.69) is 66.1 Å². The van der Waals surface area contributed by atoms with E-state index >= 15 is 0 Å². The zero-order chi connectivity index (χ0) is 21.1. The van der Waals surface area contributed by atoms with Crippen LogP contribution in [0.5, 0.6) is 0 Å². The fourth-order valence-corrected chi connectivity index (χ4v) is 5.25. The highest BCUT2D eigenvalue weighted by molar-refractivity contribution is 6.03. The molecule has 0 spiro atoms. The van der Waals surface area contributed by atoms with Crippen molar-refractivity contribution in [2.75, 3.05) is 0 Å². The Morgan fingerprint density at radius 1 is 0.774 bits per heavy atom. The number of carbonyl (C=O) groups is 1. The average Bonchev–Trinajstić information content (AvgIpc) is 3.39. The number of hydrogen-bond acceptors (Lipinski definition) is 2. The third-order valence-electron chi connectivity index (χ3n) is 6.95. The SMILES string of the molecule is O=C(N/N=C(/c1ccccc1)C1CCCC1)[C@@H]1CC1(c1ccccc1)c1ccccc1. The Morgan fingerprint density at radius 2 is 1.29 bits per heavy atom. The number of carbonyl (C=O) groups excluding carboxylic acids is 1. The zero-order valence-electron chi connectivity index (χ0n) is 17.7. The summed E-state index contributed by atoms with van der Waals surface area (Å²) in [7, 11) is 0. The Bertz CT molecular complexity index is 1010. The lowest BCUT2D eigenvalue weighted by Crippen LogP contribution is -2.28. The van der Waals surface area contributed by atoms with E-state index in [1.54, 1.807) is 0 Å². The molecule has 31 heavy (non-hydrogen) atoms. The molecule has 0 radical (unpaired) electrons. The molecule has 0 bridgehead atoms. The molecule has 0 saturated heterocycles. The summed E-state index contributed by atoms with van der Waals surface area (Å²) in [5, 5.41) is 4.71. The van der Waals surface area contributed by atoms with Crippen molar-refractivity contribution in [1.29, 1.82) is 0 Å². The van der Waals surface area contributed by atoms with Gasteiger partial charge in [-0.25, -0.2) is 5.43 Å².